The lowest BCUT2D eigenvalue weighted by Crippen LogP contribution is -2.36. The first-order chi connectivity index (χ1) is 13.4. The third-order valence-corrected chi connectivity index (χ3v) is 4.86. The minimum absolute atomic E-state index is 0.0143. The van der Waals surface area contributed by atoms with Crippen molar-refractivity contribution in [2.24, 2.45) is 0 Å². The van der Waals surface area contributed by atoms with Crippen molar-refractivity contribution in [1.82, 2.24) is 4.90 Å². The normalized spacial score (nSPS) is 13.0. The summed E-state index contributed by atoms with van der Waals surface area (Å²) in [6.45, 7) is 0.838. The number of halogens is 1. The number of ketones is 1. The molecular formula is C21H20FNO5. The summed E-state index contributed by atoms with van der Waals surface area (Å²) in [5, 5.41) is 9.11. The summed E-state index contributed by atoms with van der Waals surface area (Å²) in [5.74, 6) is -2.08. The van der Waals surface area contributed by atoms with Crippen molar-refractivity contribution in [3.05, 3.63) is 64.5 Å². The fourth-order valence-electron chi connectivity index (χ4n) is 3.27. The Morgan fingerprint density at radius 2 is 1.82 bits per heavy atom. The Kier molecular flexibility index (Phi) is 5.73. The van der Waals surface area contributed by atoms with Crippen molar-refractivity contribution < 1.29 is 28.6 Å². The molecule has 7 heteroatoms. The molecule has 0 radical (unpaired) electrons. The lowest BCUT2D eigenvalue weighted by atomic mass is 9.97. The van der Waals surface area contributed by atoms with E-state index < -0.39 is 11.8 Å². The molecule has 1 N–H and O–H groups in total. The number of carbonyl (C=O) groups excluding carboxylic acids is 2. The number of nitrogens with zero attached hydrogens (tertiary/aromatic N) is 1. The molecule has 0 bridgehead atoms. The molecule has 0 saturated heterocycles. The van der Waals surface area contributed by atoms with E-state index in [2.05, 4.69) is 0 Å². The maximum Gasteiger partial charge on any atom is 0.335 e. The average Bonchev–Trinajstić information content (AvgIpc) is 2.70. The average molecular weight is 385 g/mol. The van der Waals surface area contributed by atoms with Gasteiger partial charge in [-0.2, -0.15) is 0 Å². The van der Waals surface area contributed by atoms with E-state index >= 15 is 0 Å². The van der Waals surface area contributed by atoms with E-state index in [-0.39, 0.29) is 41.4 Å². The number of hydrogen-bond donors (Lipinski definition) is 1. The predicted octanol–water partition coefficient (Wildman–Crippen LogP) is 3.08. The smallest absolute Gasteiger partial charge is 0.335 e. The van der Waals surface area contributed by atoms with Gasteiger partial charge >= 0.3 is 5.97 Å². The van der Waals surface area contributed by atoms with Gasteiger partial charge in [-0.1, -0.05) is 6.07 Å². The van der Waals surface area contributed by atoms with Gasteiger partial charge in [0.1, 0.15) is 0 Å². The summed E-state index contributed by atoms with van der Waals surface area (Å²) >= 11 is 0. The highest BCUT2D eigenvalue weighted by molar-refractivity contribution is 5.98. The van der Waals surface area contributed by atoms with Crippen LogP contribution in [0.3, 0.4) is 0 Å². The molecule has 6 nitrogen and oxygen atoms in total. The van der Waals surface area contributed by atoms with Crippen molar-refractivity contribution >= 4 is 17.7 Å². The third kappa shape index (κ3) is 4.19. The van der Waals surface area contributed by atoms with E-state index in [1.165, 1.54) is 19.2 Å². The van der Waals surface area contributed by atoms with Crippen LogP contribution in [-0.2, 0) is 17.8 Å². The second kappa shape index (κ2) is 8.21. The molecule has 0 fully saturated rings. The van der Waals surface area contributed by atoms with E-state index in [4.69, 9.17) is 9.84 Å². The number of amides is 1. The zero-order valence-corrected chi connectivity index (χ0v) is 15.4. The Bertz CT molecular complexity index is 940. The van der Waals surface area contributed by atoms with Gasteiger partial charge in [0.15, 0.2) is 17.3 Å². The quantitative estimate of drug-likeness (QED) is 0.773. The standard InChI is InChI=1S/C21H20FNO5/c1-28-19-6-4-14(11-17(19)22)18(24)5-7-20(25)23-9-8-13-2-3-15(21(26)27)10-16(13)12-23/h2-4,6,10-11H,5,7-9,12H2,1H3,(H,26,27). The van der Waals surface area contributed by atoms with Crippen LogP contribution in [0.1, 0.15) is 44.7 Å². The molecule has 0 atom stereocenters. The van der Waals surface area contributed by atoms with Gasteiger partial charge in [0.25, 0.3) is 0 Å². The fraction of sp³-hybridized carbons (Fsp3) is 0.286. The van der Waals surface area contributed by atoms with Crippen molar-refractivity contribution in [3.63, 3.8) is 0 Å². The van der Waals surface area contributed by atoms with Crippen LogP contribution in [0.4, 0.5) is 4.39 Å². The molecule has 1 aliphatic heterocycles. The molecule has 1 aliphatic rings. The van der Waals surface area contributed by atoms with E-state index in [0.717, 1.165) is 17.2 Å². The molecule has 0 aliphatic carbocycles. The van der Waals surface area contributed by atoms with Crippen molar-refractivity contribution in [2.45, 2.75) is 25.8 Å². The second-order valence-electron chi connectivity index (χ2n) is 6.63. The van der Waals surface area contributed by atoms with Crippen LogP contribution in [0, 0.1) is 5.82 Å². The Balaban J connectivity index is 1.61. The number of aromatic carboxylic acids is 1. The van der Waals surface area contributed by atoms with Crippen molar-refractivity contribution in [1.29, 1.82) is 0 Å². The highest BCUT2D eigenvalue weighted by atomic mass is 19.1. The number of fused-ring (bicyclic) bond motifs is 1. The van der Waals surface area contributed by atoms with E-state index in [0.29, 0.717) is 19.5 Å². The molecule has 1 heterocycles. The van der Waals surface area contributed by atoms with Crippen LogP contribution in [0.25, 0.3) is 0 Å². The summed E-state index contributed by atoms with van der Waals surface area (Å²) in [7, 11) is 1.34. The molecule has 146 valence electrons. The number of carbonyl (C=O) groups is 3. The fourth-order valence-corrected chi connectivity index (χ4v) is 3.27. The zero-order valence-electron chi connectivity index (χ0n) is 15.4. The lowest BCUT2D eigenvalue weighted by Gasteiger charge is -2.29. The first kappa shape index (κ1) is 19.5. The van der Waals surface area contributed by atoms with Crippen LogP contribution in [0.15, 0.2) is 36.4 Å². The molecule has 0 saturated carbocycles. The van der Waals surface area contributed by atoms with Crippen LogP contribution >= 0.6 is 0 Å². The topological polar surface area (TPSA) is 83.9 Å². The van der Waals surface area contributed by atoms with Gasteiger partial charge < -0.3 is 14.7 Å². The lowest BCUT2D eigenvalue weighted by molar-refractivity contribution is -0.132. The SMILES string of the molecule is COc1ccc(C(=O)CCC(=O)N2CCc3ccc(C(=O)O)cc3C2)cc1F. The van der Waals surface area contributed by atoms with E-state index in [9.17, 15) is 18.8 Å². The van der Waals surface area contributed by atoms with Gasteiger partial charge in [0, 0.05) is 31.5 Å². The van der Waals surface area contributed by atoms with Gasteiger partial charge in [0.05, 0.1) is 12.7 Å². The first-order valence-electron chi connectivity index (χ1n) is 8.88. The number of carboxylic acid groups (broad SMARTS) is 1. The molecule has 0 spiro atoms. The number of benzene rings is 2. The van der Waals surface area contributed by atoms with Crippen LogP contribution in [0.5, 0.6) is 5.75 Å². The molecule has 2 aromatic rings. The minimum Gasteiger partial charge on any atom is -0.494 e. The minimum atomic E-state index is -1.01. The molecule has 2 aromatic carbocycles. The number of carboxylic acids is 1. The summed E-state index contributed by atoms with van der Waals surface area (Å²) < 4.78 is 18.6. The molecule has 0 unspecified atom stereocenters. The summed E-state index contributed by atoms with van der Waals surface area (Å²) in [5.41, 5.74) is 2.22. The Morgan fingerprint density at radius 1 is 1.07 bits per heavy atom. The highest BCUT2D eigenvalue weighted by Gasteiger charge is 2.22. The molecule has 1 amide bonds. The second-order valence-corrected chi connectivity index (χ2v) is 6.63. The third-order valence-electron chi connectivity index (χ3n) is 4.86. The van der Waals surface area contributed by atoms with Crippen LogP contribution < -0.4 is 4.74 Å². The van der Waals surface area contributed by atoms with Gasteiger partial charge in [-0.25, -0.2) is 9.18 Å². The van der Waals surface area contributed by atoms with Crippen molar-refractivity contribution in [3.8, 4) is 5.75 Å². The molecule has 3 rings (SSSR count). The molecular weight excluding hydrogens is 365 g/mol. The molecule has 28 heavy (non-hydrogen) atoms. The largest absolute Gasteiger partial charge is 0.494 e. The molecule has 0 aromatic heterocycles. The maximum absolute atomic E-state index is 13.7. The summed E-state index contributed by atoms with van der Waals surface area (Å²) in [6.07, 6.45) is 0.627. The Labute approximate surface area is 161 Å². The summed E-state index contributed by atoms with van der Waals surface area (Å²) in [4.78, 5) is 37.5. The van der Waals surface area contributed by atoms with Gasteiger partial charge in [-0.15, -0.1) is 0 Å². The van der Waals surface area contributed by atoms with Crippen LogP contribution in [0.2, 0.25) is 0 Å². The van der Waals surface area contributed by atoms with Crippen molar-refractivity contribution in [2.75, 3.05) is 13.7 Å². The maximum atomic E-state index is 13.7. The summed E-state index contributed by atoms with van der Waals surface area (Å²) in [6, 6.07) is 8.89. The number of hydrogen-bond acceptors (Lipinski definition) is 4. The number of ether oxygens (including phenoxy) is 1. The Hall–Kier alpha value is -3.22. The zero-order chi connectivity index (χ0) is 20.3. The number of rotatable bonds is 6. The number of Topliss-reactive ketones (excluding diaryl/α,β-unsaturated/α-hetero) is 1. The highest BCUT2D eigenvalue weighted by Crippen LogP contribution is 2.22. The number of methoxy groups -OCH3 is 1. The van der Waals surface area contributed by atoms with Crippen LogP contribution in [-0.4, -0.2) is 41.3 Å². The first-order valence-corrected chi connectivity index (χ1v) is 8.88. The monoisotopic (exact) mass is 385 g/mol. The van der Waals surface area contributed by atoms with E-state index in [1.54, 1.807) is 23.1 Å². The Morgan fingerprint density at radius 3 is 2.50 bits per heavy atom. The van der Waals surface area contributed by atoms with Gasteiger partial charge in [0.2, 0.25) is 5.91 Å². The predicted molar refractivity (Wildman–Crippen MR) is 99.0 cm³/mol. The van der Waals surface area contributed by atoms with Gasteiger partial charge in [-0.3, -0.25) is 9.59 Å². The van der Waals surface area contributed by atoms with Gasteiger partial charge in [-0.05, 0) is 47.9 Å². The van der Waals surface area contributed by atoms with E-state index in [1.807, 2.05) is 0 Å².